The second-order valence-corrected chi connectivity index (χ2v) is 7.95. The van der Waals surface area contributed by atoms with Crippen LogP contribution in [0.5, 0.6) is 0 Å². The van der Waals surface area contributed by atoms with Gasteiger partial charge in [0.25, 0.3) is 5.91 Å². The average Bonchev–Trinajstić information content (AvgIpc) is 2.65. The van der Waals surface area contributed by atoms with Crippen LogP contribution in [-0.2, 0) is 22.6 Å². The van der Waals surface area contributed by atoms with Crippen LogP contribution in [0.4, 0.5) is 5.82 Å². The first kappa shape index (κ1) is 19.5. The van der Waals surface area contributed by atoms with Gasteiger partial charge in [-0.1, -0.05) is 0 Å². The number of rotatable bonds is 3. The molecule has 27 heavy (non-hydrogen) atoms. The Morgan fingerprint density at radius 2 is 1.96 bits per heavy atom. The number of amides is 2. The van der Waals surface area contributed by atoms with Crippen molar-refractivity contribution in [2.45, 2.75) is 58.1 Å². The van der Waals surface area contributed by atoms with Gasteiger partial charge >= 0.3 is 0 Å². The predicted octanol–water partition coefficient (Wildman–Crippen LogP) is 0.900. The zero-order valence-electron chi connectivity index (χ0n) is 16.6. The lowest BCUT2D eigenvalue weighted by molar-refractivity contribution is -0.149. The monoisotopic (exact) mass is 375 g/mol. The first-order chi connectivity index (χ1) is 12.7. The number of fused-ring (bicyclic) bond motifs is 1. The third kappa shape index (κ3) is 4.05. The third-order valence-electron chi connectivity index (χ3n) is 5.36. The summed E-state index contributed by atoms with van der Waals surface area (Å²) in [5.41, 5.74) is 0.584. The van der Waals surface area contributed by atoms with Crippen LogP contribution in [0.2, 0.25) is 0 Å². The van der Waals surface area contributed by atoms with Crippen LogP contribution in [0.25, 0.3) is 0 Å². The van der Waals surface area contributed by atoms with E-state index in [2.05, 4.69) is 5.32 Å². The van der Waals surface area contributed by atoms with Crippen LogP contribution in [0, 0.1) is 0 Å². The van der Waals surface area contributed by atoms with Crippen molar-refractivity contribution in [3.63, 3.8) is 0 Å². The molecule has 2 amide bonds. The number of carbonyl (C=O) groups excluding carboxylic acids is 2. The number of hydrogen-bond acceptors (Lipinski definition) is 6. The first-order valence-corrected chi connectivity index (χ1v) is 9.55. The number of likely N-dealkylation sites (tertiary alicyclic amines) is 1. The largest absolute Gasteiger partial charge is 0.381 e. The first-order valence-electron chi connectivity index (χ1n) is 9.55. The fourth-order valence-corrected chi connectivity index (χ4v) is 3.85. The molecule has 3 rings (SSSR count). The van der Waals surface area contributed by atoms with Crippen molar-refractivity contribution in [3.05, 3.63) is 17.1 Å². The van der Waals surface area contributed by atoms with Gasteiger partial charge in [-0.15, -0.1) is 0 Å². The quantitative estimate of drug-likeness (QED) is 0.814. The van der Waals surface area contributed by atoms with Crippen molar-refractivity contribution in [2.24, 2.45) is 0 Å². The Labute approximate surface area is 160 Å². The van der Waals surface area contributed by atoms with E-state index in [1.165, 1.54) is 13.8 Å². The van der Waals surface area contributed by atoms with Crippen LogP contribution in [-0.4, -0.2) is 69.0 Å². The van der Waals surface area contributed by atoms with Gasteiger partial charge in [0.05, 0.1) is 12.2 Å². The van der Waals surface area contributed by atoms with E-state index in [1.54, 1.807) is 16.7 Å². The summed E-state index contributed by atoms with van der Waals surface area (Å²) >= 11 is 0. The molecule has 0 unspecified atom stereocenters. The maximum absolute atomic E-state index is 12.4. The number of anilines is 1. The Balaban J connectivity index is 1.85. The molecule has 1 aromatic rings. The molecule has 8 heteroatoms. The number of nitrogens with one attached hydrogen (secondary N) is 1. The number of carbonyl (C=O) groups is 2. The number of aromatic nitrogens is 2. The van der Waals surface area contributed by atoms with Gasteiger partial charge in [-0.2, -0.15) is 0 Å². The number of piperidine rings is 1. The molecule has 148 valence electrons. The van der Waals surface area contributed by atoms with Crippen LogP contribution in [0.1, 0.15) is 56.6 Å². The van der Waals surface area contributed by atoms with Gasteiger partial charge in [-0.3, -0.25) is 9.59 Å². The van der Waals surface area contributed by atoms with Crippen molar-refractivity contribution in [1.29, 1.82) is 0 Å². The maximum atomic E-state index is 12.4. The van der Waals surface area contributed by atoms with Gasteiger partial charge in [0, 0.05) is 51.5 Å². The molecule has 0 bridgehead atoms. The summed E-state index contributed by atoms with van der Waals surface area (Å²) < 4.78 is 0. The minimum absolute atomic E-state index is 0.0493. The summed E-state index contributed by atoms with van der Waals surface area (Å²) in [5, 5.41) is 13.2. The van der Waals surface area contributed by atoms with E-state index >= 15 is 0 Å². The van der Waals surface area contributed by atoms with Crippen LogP contribution in [0.15, 0.2) is 0 Å². The van der Waals surface area contributed by atoms with Crippen molar-refractivity contribution in [2.75, 3.05) is 32.0 Å². The molecule has 0 spiro atoms. The van der Waals surface area contributed by atoms with Gasteiger partial charge in [-0.05, 0) is 26.7 Å². The van der Waals surface area contributed by atoms with Crippen LogP contribution >= 0.6 is 0 Å². The summed E-state index contributed by atoms with van der Waals surface area (Å²) in [5.74, 6) is 1.35. The van der Waals surface area contributed by atoms with Crippen LogP contribution < -0.4 is 5.32 Å². The van der Waals surface area contributed by atoms with Gasteiger partial charge in [-0.25, -0.2) is 9.97 Å². The highest BCUT2D eigenvalue weighted by atomic mass is 16.3. The van der Waals surface area contributed by atoms with E-state index in [9.17, 15) is 14.7 Å². The normalized spacial score (nSPS) is 20.3. The van der Waals surface area contributed by atoms with Gasteiger partial charge < -0.3 is 20.2 Å². The lowest BCUT2D eigenvalue weighted by Gasteiger charge is -2.36. The molecule has 0 saturated carbocycles. The second kappa shape index (κ2) is 7.42. The van der Waals surface area contributed by atoms with Crippen molar-refractivity contribution in [3.8, 4) is 0 Å². The molecule has 0 aromatic carbocycles. The minimum atomic E-state index is -1.37. The van der Waals surface area contributed by atoms with Gasteiger partial charge in [0.2, 0.25) is 5.91 Å². The Hall–Kier alpha value is -2.22. The molecule has 0 aliphatic carbocycles. The summed E-state index contributed by atoms with van der Waals surface area (Å²) in [6.45, 7) is 6.98. The maximum Gasteiger partial charge on any atom is 0.253 e. The molecule has 1 aromatic heterocycles. The zero-order valence-corrected chi connectivity index (χ0v) is 16.6. The SMILES string of the molecule is CNc1nc([C@@H]2CCCN(C(=O)C(C)(C)O)C2)nc2c1CN(C(C)=O)CC2. The molecular weight excluding hydrogens is 346 g/mol. The molecule has 1 atom stereocenters. The summed E-state index contributed by atoms with van der Waals surface area (Å²) in [7, 11) is 1.82. The Bertz CT molecular complexity index is 726. The minimum Gasteiger partial charge on any atom is -0.381 e. The fraction of sp³-hybridized carbons (Fsp3) is 0.684. The molecule has 2 aliphatic heterocycles. The van der Waals surface area contributed by atoms with Crippen molar-refractivity contribution >= 4 is 17.6 Å². The summed E-state index contributed by atoms with van der Waals surface area (Å²) in [6, 6.07) is 0. The highest BCUT2D eigenvalue weighted by Crippen LogP contribution is 2.30. The number of hydrogen-bond donors (Lipinski definition) is 2. The topological polar surface area (TPSA) is 98.7 Å². The Kier molecular flexibility index (Phi) is 5.37. The van der Waals surface area contributed by atoms with E-state index in [0.717, 1.165) is 35.7 Å². The highest BCUT2D eigenvalue weighted by Gasteiger charge is 2.34. The lowest BCUT2D eigenvalue weighted by atomic mass is 9.94. The smallest absolute Gasteiger partial charge is 0.253 e. The molecule has 1 fully saturated rings. The van der Waals surface area contributed by atoms with E-state index in [1.807, 2.05) is 7.05 Å². The van der Waals surface area contributed by atoms with Gasteiger partial charge in [0.15, 0.2) is 0 Å². The molecule has 1 saturated heterocycles. The average molecular weight is 375 g/mol. The fourth-order valence-electron chi connectivity index (χ4n) is 3.85. The third-order valence-corrected chi connectivity index (χ3v) is 5.36. The number of nitrogens with zero attached hydrogens (tertiary/aromatic N) is 4. The lowest BCUT2D eigenvalue weighted by Crippen LogP contribution is -2.49. The molecule has 3 heterocycles. The second-order valence-electron chi connectivity index (χ2n) is 7.95. The van der Waals surface area contributed by atoms with E-state index in [-0.39, 0.29) is 17.7 Å². The molecule has 0 radical (unpaired) electrons. The molecule has 8 nitrogen and oxygen atoms in total. The standard InChI is InChI=1S/C19H29N5O3/c1-12(25)23-9-7-15-14(11-23)17(20-4)22-16(21-15)13-6-5-8-24(10-13)18(26)19(2,3)27/h13,27H,5-11H2,1-4H3,(H,20,21,22)/t13-/m1/s1. The van der Waals surface area contributed by atoms with Crippen molar-refractivity contribution < 1.29 is 14.7 Å². The zero-order chi connectivity index (χ0) is 19.8. The molecule has 2 aliphatic rings. The predicted molar refractivity (Wildman–Crippen MR) is 101 cm³/mol. The van der Waals surface area contributed by atoms with E-state index in [4.69, 9.17) is 9.97 Å². The number of aliphatic hydroxyl groups is 1. The summed E-state index contributed by atoms with van der Waals surface area (Å²) in [4.78, 5) is 37.2. The Morgan fingerprint density at radius 3 is 2.59 bits per heavy atom. The summed E-state index contributed by atoms with van der Waals surface area (Å²) in [6.07, 6.45) is 2.48. The van der Waals surface area contributed by atoms with Gasteiger partial charge in [0.1, 0.15) is 17.2 Å². The van der Waals surface area contributed by atoms with E-state index in [0.29, 0.717) is 32.6 Å². The van der Waals surface area contributed by atoms with E-state index < -0.39 is 5.60 Å². The van der Waals surface area contributed by atoms with Crippen molar-refractivity contribution in [1.82, 2.24) is 19.8 Å². The molecular formula is C19H29N5O3. The van der Waals surface area contributed by atoms with Crippen LogP contribution in [0.3, 0.4) is 0 Å². The Morgan fingerprint density at radius 1 is 1.22 bits per heavy atom. The molecule has 2 N–H and O–H groups in total. The highest BCUT2D eigenvalue weighted by molar-refractivity contribution is 5.84.